The summed E-state index contributed by atoms with van der Waals surface area (Å²) in [4.78, 5) is 23.6. The Bertz CT molecular complexity index is 1270. The highest BCUT2D eigenvalue weighted by molar-refractivity contribution is 7.92. The molecule has 0 aliphatic carbocycles. The van der Waals surface area contributed by atoms with Gasteiger partial charge in [0.25, 0.3) is 21.6 Å². The van der Waals surface area contributed by atoms with E-state index in [4.69, 9.17) is 0 Å². The molecular formula is C22H21N3O5S. The molecule has 0 radical (unpaired) electrons. The summed E-state index contributed by atoms with van der Waals surface area (Å²) in [6, 6.07) is 15.5. The number of hydrogen-bond donors (Lipinski definition) is 2. The fraction of sp³-hybridized carbons (Fsp3) is 0.136. The minimum atomic E-state index is -3.83. The van der Waals surface area contributed by atoms with Crippen LogP contribution in [0.25, 0.3) is 0 Å². The van der Waals surface area contributed by atoms with Crippen LogP contribution < -0.4 is 10.0 Å². The first-order chi connectivity index (χ1) is 14.6. The highest BCUT2D eigenvalue weighted by atomic mass is 32.2. The van der Waals surface area contributed by atoms with E-state index < -0.39 is 20.9 Å². The van der Waals surface area contributed by atoms with Gasteiger partial charge >= 0.3 is 0 Å². The maximum Gasteiger partial charge on any atom is 0.274 e. The van der Waals surface area contributed by atoms with Crippen molar-refractivity contribution in [2.75, 3.05) is 10.0 Å². The number of carbonyl (C=O) groups excluding carboxylic acids is 1. The standard InChI is InChI=1S/C22H21N3O5S/c1-14-10-12-17(13-11-14)31(29,30)24-20-8-4-6-18(15(20)2)22(26)23-19-7-5-9-21(16(19)3)25(27)28/h4-13,24H,1-3H3,(H,23,26). The Morgan fingerprint density at radius 3 is 2.13 bits per heavy atom. The Labute approximate surface area is 180 Å². The van der Waals surface area contributed by atoms with Crippen LogP contribution >= 0.6 is 0 Å². The lowest BCUT2D eigenvalue weighted by Gasteiger charge is -2.14. The zero-order chi connectivity index (χ0) is 22.8. The number of hydrogen-bond acceptors (Lipinski definition) is 5. The number of amides is 1. The second-order valence-corrected chi connectivity index (χ2v) is 8.74. The van der Waals surface area contributed by atoms with Crippen molar-refractivity contribution in [3.8, 4) is 0 Å². The van der Waals surface area contributed by atoms with E-state index in [0.29, 0.717) is 16.8 Å². The van der Waals surface area contributed by atoms with Crippen molar-refractivity contribution < 1.29 is 18.1 Å². The molecule has 0 saturated heterocycles. The summed E-state index contributed by atoms with van der Waals surface area (Å²) < 4.78 is 27.9. The van der Waals surface area contributed by atoms with Gasteiger partial charge in [0.2, 0.25) is 0 Å². The van der Waals surface area contributed by atoms with Crippen LogP contribution in [0.4, 0.5) is 17.1 Å². The number of nitrogens with zero attached hydrogens (tertiary/aromatic N) is 1. The number of nitro benzene ring substituents is 1. The molecule has 0 fully saturated rings. The van der Waals surface area contributed by atoms with Crippen LogP contribution in [-0.2, 0) is 10.0 Å². The molecule has 0 spiro atoms. The van der Waals surface area contributed by atoms with Gasteiger partial charge in [-0.3, -0.25) is 19.6 Å². The van der Waals surface area contributed by atoms with E-state index in [1.54, 1.807) is 50.2 Å². The molecule has 0 heterocycles. The number of nitro groups is 1. The summed E-state index contributed by atoms with van der Waals surface area (Å²) in [5.74, 6) is -0.502. The summed E-state index contributed by atoms with van der Waals surface area (Å²) >= 11 is 0. The average Bonchev–Trinajstić information content (AvgIpc) is 2.71. The lowest BCUT2D eigenvalue weighted by atomic mass is 10.1. The van der Waals surface area contributed by atoms with Crippen molar-refractivity contribution in [3.63, 3.8) is 0 Å². The largest absolute Gasteiger partial charge is 0.321 e. The number of sulfonamides is 1. The topological polar surface area (TPSA) is 118 Å². The molecule has 2 N–H and O–H groups in total. The number of benzene rings is 3. The predicted molar refractivity (Wildman–Crippen MR) is 119 cm³/mol. The quantitative estimate of drug-likeness (QED) is 0.431. The summed E-state index contributed by atoms with van der Waals surface area (Å²) in [5.41, 5.74) is 2.41. The molecule has 3 aromatic carbocycles. The Hall–Kier alpha value is -3.72. The van der Waals surface area contributed by atoms with Gasteiger partial charge in [-0.1, -0.05) is 29.8 Å². The Balaban J connectivity index is 1.89. The number of carbonyl (C=O) groups is 1. The molecular weight excluding hydrogens is 418 g/mol. The summed E-state index contributed by atoms with van der Waals surface area (Å²) in [6.07, 6.45) is 0. The van der Waals surface area contributed by atoms with Crippen molar-refractivity contribution in [3.05, 3.63) is 93.0 Å². The van der Waals surface area contributed by atoms with Crippen LogP contribution in [0.5, 0.6) is 0 Å². The zero-order valence-corrected chi connectivity index (χ0v) is 18.0. The molecule has 3 aromatic rings. The van der Waals surface area contributed by atoms with Gasteiger partial charge in [0, 0.05) is 11.6 Å². The highest BCUT2D eigenvalue weighted by Crippen LogP contribution is 2.27. The van der Waals surface area contributed by atoms with Gasteiger partial charge in [0.1, 0.15) is 0 Å². The maximum absolute atomic E-state index is 12.8. The third kappa shape index (κ3) is 4.72. The normalized spacial score (nSPS) is 11.1. The SMILES string of the molecule is Cc1ccc(S(=O)(=O)Nc2cccc(C(=O)Nc3cccc([N+](=O)[O-])c3C)c2C)cc1. The molecule has 0 aliphatic heterocycles. The van der Waals surface area contributed by atoms with Crippen LogP contribution in [0, 0.1) is 30.9 Å². The second-order valence-electron chi connectivity index (χ2n) is 7.06. The van der Waals surface area contributed by atoms with Crippen molar-refractivity contribution in [1.29, 1.82) is 0 Å². The highest BCUT2D eigenvalue weighted by Gasteiger charge is 2.20. The van der Waals surface area contributed by atoms with Crippen molar-refractivity contribution in [2.45, 2.75) is 25.7 Å². The molecule has 9 heteroatoms. The van der Waals surface area contributed by atoms with Gasteiger partial charge in [-0.15, -0.1) is 0 Å². The van der Waals surface area contributed by atoms with Crippen LogP contribution in [0.2, 0.25) is 0 Å². The van der Waals surface area contributed by atoms with E-state index in [2.05, 4.69) is 10.0 Å². The Morgan fingerprint density at radius 1 is 0.871 bits per heavy atom. The van der Waals surface area contributed by atoms with Crippen molar-refractivity contribution in [2.24, 2.45) is 0 Å². The summed E-state index contributed by atoms with van der Waals surface area (Å²) in [5, 5.41) is 13.8. The second kappa shape index (κ2) is 8.57. The Morgan fingerprint density at radius 2 is 1.48 bits per heavy atom. The van der Waals surface area contributed by atoms with E-state index in [-0.39, 0.29) is 21.8 Å². The molecule has 160 valence electrons. The van der Waals surface area contributed by atoms with Crippen LogP contribution in [0.3, 0.4) is 0 Å². The third-order valence-electron chi connectivity index (χ3n) is 4.90. The first-order valence-electron chi connectivity index (χ1n) is 9.34. The monoisotopic (exact) mass is 439 g/mol. The molecule has 1 amide bonds. The Kier molecular flexibility index (Phi) is 6.07. The molecule has 0 aliphatic rings. The van der Waals surface area contributed by atoms with E-state index in [1.165, 1.54) is 24.3 Å². The van der Waals surface area contributed by atoms with Crippen molar-refractivity contribution >= 4 is 33.0 Å². The van der Waals surface area contributed by atoms with Gasteiger partial charge in [-0.2, -0.15) is 0 Å². The fourth-order valence-electron chi connectivity index (χ4n) is 3.06. The van der Waals surface area contributed by atoms with Gasteiger partial charge in [0.05, 0.1) is 26.8 Å². The summed E-state index contributed by atoms with van der Waals surface area (Å²) in [6.45, 7) is 5.04. The first-order valence-corrected chi connectivity index (χ1v) is 10.8. The smallest absolute Gasteiger partial charge is 0.274 e. The van der Waals surface area contributed by atoms with Crippen LogP contribution in [-0.4, -0.2) is 19.2 Å². The van der Waals surface area contributed by atoms with Gasteiger partial charge in [-0.25, -0.2) is 8.42 Å². The van der Waals surface area contributed by atoms with Crippen LogP contribution in [0.15, 0.2) is 65.6 Å². The van der Waals surface area contributed by atoms with Gasteiger partial charge in [0.15, 0.2) is 0 Å². The zero-order valence-electron chi connectivity index (χ0n) is 17.2. The van der Waals surface area contributed by atoms with E-state index in [9.17, 15) is 23.3 Å². The molecule has 0 saturated carbocycles. The molecule has 0 bridgehead atoms. The third-order valence-corrected chi connectivity index (χ3v) is 6.29. The molecule has 31 heavy (non-hydrogen) atoms. The van der Waals surface area contributed by atoms with Crippen molar-refractivity contribution in [1.82, 2.24) is 0 Å². The molecule has 0 unspecified atom stereocenters. The number of anilines is 2. The molecule has 0 atom stereocenters. The number of rotatable bonds is 6. The first kappa shape index (κ1) is 22.0. The van der Waals surface area contributed by atoms with Gasteiger partial charge in [-0.05, 0) is 56.7 Å². The lowest BCUT2D eigenvalue weighted by molar-refractivity contribution is -0.385. The maximum atomic E-state index is 12.8. The number of aryl methyl sites for hydroxylation is 1. The average molecular weight is 439 g/mol. The van der Waals surface area contributed by atoms with Gasteiger partial charge < -0.3 is 5.32 Å². The minimum Gasteiger partial charge on any atom is -0.321 e. The molecule has 3 rings (SSSR count). The summed E-state index contributed by atoms with van der Waals surface area (Å²) in [7, 11) is -3.83. The van der Waals surface area contributed by atoms with E-state index in [1.807, 2.05) is 6.92 Å². The lowest BCUT2D eigenvalue weighted by Crippen LogP contribution is -2.17. The fourth-order valence-corrected chi connectivity index (χ4v) is 4.18. The van der Waals surface area contributed by atoms with E-state index >= 15 is 0 Å². The minimum absolute atomic E-state index is 0.103. The molecule has 8 nitrogen and oxygen atoms in total. The van der Waals surface area contributed by atoms with E-state index in [0.717, 1.165) is 5.56 Å². The molecule has 0 aromatic heterocycles. The number of nitrogens with one attached hydrogen (secondary N) is 2. The predicted octanol–water partition coefficient (Wildman–Crippen LogP) is 4.57. The van der Waals surface area contributed by atoms with Crippen LogP contribution in [0.1, 0.15) is 27.0 Å².